The third kappa shape index (κ3) is 7.37. The van der Waals surface area contributed by atoms with Gasteiger partial charge in [-0.25, -0.2) is 0 Å². The Morgan fingerprint density at radius 1 is 1.10 bits per heavy atom. The average molecular weight is 399 g/mol. The summed E-state index contributed by atoms with van der Waals surface area (Å²) < 4.78 is 0. The second kappa shape index (κ2) is 10.8. The molecule has 0 aliphatic carbocycles. The van der Waals surface area contributed by atoms with Gasteiger partial charge in [-0.05, 0) is 23.8 Å². The van der Waals surface area contributed by atoms with Crippen molar-refractivity contribution < 1.29 is 9.59 Å². The smallest absolute Gasteiger partial charge is 0.268 e. The van der Waals surface area contributed by atoms with Crippen molar-refractivity contribution in [3.8, 4) is 0 Å². The van der Waals surface area contributed by atoms with Crippen LogP contribution >= 0.6 is 0 Å². The van der Waals surface area contributed by atoms with Crippen LogP contribution in [0.25, 0.3) is 0 Å². The Hall–Kier alpha value is -2.63. The van der Waals surface area contributed by atoms with E-state index in [2.05, 4.69) is 43.3 Å². The molecule has 2 N–H and O–H groups in total. The molecule has 0 saturated heterocycles. The number of aliphatic imine (C=N–C) groups is 1. The van der Waals surface area contributed by atoms with E-state index in [0.29, 0.717) is 30.5 Å². The zero-order valence-corrected chi connectivity index (χ0v) is 18.2. The largest absolute Gasteiger partial charge is 0.373 e. The van der Waals surface area contributed by atoms with E-state index in [1.165, 1.54) is 0 Å². The van der Waals surface area contributed by atoms with Gasteiger partial charge in [0, 0.05) is 31.9 Å². The van der Waals surface area contributed by atoms with Crippen LogP contribution in [0.3, 0.4) is 0 Å². The van der Waals surface area contributed by atoms with Gasteiger partial charge in [0.25, 0.3) is 5.91 Å². The second-order valence-corrected chi connectivity index (χ2v) is 8.49. The number of carbonyl (C=O) groups is 2. The van der Waals surface area contributed by atoms with Gasteiger partial charge in [0.2, 0.25) is 5.91 Å². The normalized spacial score (nSPS) is 15.8. The lowest BCUT2D eigenvalue weighted by molar-refractivity contribution is -0.127. The van der Waals surface area contributed by atoms with Crippen molar-refractivity contribution in [1.82, 2.24) is 15.5 Å². The van der Waals surface area contributed by atoms with E-state index >= 15 is 0 Å². The highest BCUT2D eigenvalue weighted by molar-refractivity contribution is 6.40. The molecule has 0 bridgehead atoms. The lowest BCUT2D eigenvalue weighted by Gasteiger charge is -2.28. The highest BCUT2D eigenvalue weighted by Gasteiger charge is 2.27. The topological polar surface area (TPSA) is 73.8 Å². The number of nitrogens with zero attached hydrogens (tertiary/aromatic N) is 2. The number of nitrogens with one attached hydrogen (secondary N) is 2. The standard InChI is InChI=1S/C23H34N4O2/c1-16(2)13-19(17(3)4)25-22(28)20(14-18-9-7-6-8-10-18)26-23(29)21-15-27(5)12-11-24-21/h6-12,16-17,19-20H,13-15H2,1-5H3,(H,25,28)(H,26,29)/t19-,20-/m0/s1. The number of rotatable bonds is 9. The zero-order valence-electron chi connectivity index (χ0n) is 18.2. The summed E-state index contributed by atoms with van der Waals surface area (Å²) in [5.74, 6) is 0.337. The molecular formula is C23H34N4O2. The molecule has 0 unspecified atom stereocenters. The fourth-order valence-electron chi connectivity index (χ4n) is 3.29. The van der Waals surface area contributed by atoms with Crippen LogP contribution in [0.4, 0.5) is 0 Å². The van der Waals surface area contributed by atoms with Crippen LogP contribution in [0.5, 0.6) is 0 Å². The fourth-order valence-corrected chi connectivity index (χ4v) is 3.29. The maximum absolute atomic E-state index is 13.1. The third-order valence-corrected chi connectivity index (χ3v) is 4.97. The van der Waals surface area contributed by atoms with E-state index in [4.69, 9.17) is 0 Å². The molecule has 158 valence electrons. The number of carbonyl (C=O) groups excluding carboxylic acids is 2. The predicted octanol–water partition coefficient (Wildman–Crippen LogP) is 2.76. The molecule has 1 aliphatic heterocycles. The zero-order chi connectivity index (χ0) is 21.4. The molecular weight excluding hydrogens is 364 g/mol. The first-order valence-electron chi connectivity index (χ1n) is 10.3. The first kappa shape index (κ1) is 22.7. The summed E-state index contributed by atoms with van der Waals surface area (Å²) in [6.45, 7) is 8.93. The molecule has 1 aliphatic rings. The van der Waals surface area contributed by atoms with Crippen LogP contribution in [0, 0.1) is 11.8 Å². The number of hydrogen-bond acceptors (Lipinski definition) is 4. The van der Waals surface area contributed by atoms with E-state index < -0.39 is 6.04 Å². The minimum absolute atomic E-state index is 0.0683. The van der Waals surface area contributed by atoms with E-state index in [9.17, 15) is 9.59 Å². The Labute approximate surface area is 174 Å². The molecule has 1 aromatic carbocycles. The van der Waals surface area contributed by atoms with Crippen molar-refractivity contribution in [2.75, 3.05) is 13.6 Å². The van der Waals surface area contributed by atoms with Crippen LogP contribution in [-0.2, 0) is 16.0 Å². The Morgan fingerprint density at radius 2 is 1.79 bits per heavy atom. The van der Waals surface area contributed by atoms with Crippen molar-refractivity contribution in [3.05, 3.63) is 48.3 Å². The van der Waals surface area contributed by atoms with Gasteiger partial charge in [0.05, 0.1) is 6.54 Å². The van der Waals surface area contributed by atoms with Gasteiger partial charge in [-0.15, -0.1) is 0 Å². The van der Waals surface area contributed by atoms with Gasteiger partial charge in [0.1, 0.15) is 11.8 Å². The summed E-state index contributed by atoms with van der Waals surface area (Å²) in [7, 11) is 1.88. The fraction of sp³-hybridized carbons (Fsp3) is 0.522. The highest BCUT2D eigenvalue weighted by Crippen LogP contribution is 2.14. The first-order chi connectivity index (χ1) is 13.8. The van der Waals surface area contributed by atoms with E-state index in [1.807, 2.05) is 48.5 Å². The van der Waals surface area contributed by atoms with Gasteiger partial charge in [-0.3, -0.25) is 14.6 Å². The third-order valence-electron chi connectivity index (χ3n) is 4.97. The van der Waals surface area contributed by atoms with Gasteiger partial charge < -0.3 is 15.5 Å². The molecule has 6 heteroatoms. The summed E-state index contributed by atoms with van der Waals surface area (Å²) in [4.78, 5) is 32.0. The molecule has 1 heterocycles. The molecule has 2 atom stereocenters. The summed E-state index contributed by atoms with van der Waals surface area (Å²) in [6.07, 6.45) is 4.74. The SMILES string of the molecule is CC(C)C[C@H](NC(=O)[C@H](Cc1ccccc1)NC(=O)C1=NC=CN(C)C1)C(C)C. The van der Waals surface area contributed by atoms with Crippen molar-refractivity contribution in [1.29, 1.82) is 0 Å². The Balaban J connectivity index is 2.15. The molecule has 0 radical (unpaired) electrons. The molecule has 0 aromatic heterocycles. The Morgan fingerprint density at radius 3 is 2.38 bits per heavy atom. The number of hydrogen-bond donors (Lipinski definition) is 2. The van der Waals surface area contributed by atoms with Crippen molar-refractivity contribution in [2.24, 2.45) is 16.8 Å². The van der Waals surface area contributed by atoms with Gasteiger partial charge in [-0.1, -0.05) is 58.0 Å². The van der Waals surface area contributed by atoms with Crippen LogP contribution < -0.4 is 10.6 Å². The summed E-state index contributed by atoms with van der Waals surface area (Å²) in [6, 6.07) is 9.16. The lowest BCUT2D eigenvalue weighted by Crippen LogP contribution is -2.54. The molecule has 2 amide bonds. The van der Waals surface area contributed by atoms with Crippen LogP contribution in [0.15, 0.2) is 47.7 Å². The van der Waals surface area contributed by atoms with Gasteiger partial charge in [-0.2, -0.15) is 0 Å². The average Bonchev–Trinajstić information content (AvgIpc) is 2.67. The van der Waals surface area contributed by atoms with E-state index in [0.717, 1.165) is 12.0 Å². The summed E-state index contributed by atoms with van der Waals surface area (Å²) in [5.41, 5.74) is 1.41. The lowest BCUT2D eigenvalue weighted by atomic mass is 9.94. The number of amides is 2. The molecule has 2 rings (SSSR count). The van der Waals surface area contributed by atoms with Crippen LogP contribution in [0.2, 0.25) is 0 Å². The summed E-state index contributed by atoms with van der Waals surface area (Å²) >= 11 is 0. The predicted molar refractivity (Wildman–Crippen MR) is 118 cm³/mol. The minimum atomic E-state index is -0.655. The van der Waals surface area contributed by atoms with Crippen LogP contribution in [-0.4, -0.2) is 48.1 Å². The monoisotopic (exact) mass is 398 g/mol. The van der Waals surface area contributed by atoms with E-state index in [1.54, 1.807) is 6.20 Å². The Kier molecular flexibility index (Phi) is 8.43. The molecule has 0 saturated carbocycles. The maximum Gasteiger partial charge on any atom is 0.268 e. The molecule has 29 heavy (non-hydrogen) atoms. The van der Waals surface area contributed by atoms with E-state index in [-0.39, 0.29) is 17.9 Å². The van der Waals surface area contributed by atoms with Crippen molar-refractivity contribution >= 4 is 17.5 Å². The maximum atomic E-state index is 13.1. The van der Waals surface area contributed by atoms with Gasteiger partial charge in [0.15, 0.2) is 0 Å². The highest BCUT2D eigenvalue weighted by atomic mass is 16.2. The minimum Gasteiger partial charge on any atom is -0.373 e. The first-order valence-corrected chi connectivity index (χ1v) is 10.3. The molecule has 0 fully saturated rings. The second-order valence-electron chi connectivity index (χ2n) is 8.49. The quantitative estimate of drug-likeness (QED) is 0.672. The number of benzene rings is 1. The molecule has 0 spiro atoms. The van der Waals surface area contributed by atoms with Crippen molar-refractivity contribution in [2.45, 2.75) is 52.6 Å². The molecule has 6 nitrogen and oxygen atoms in total. The Bertz CT molecular complexity index is 741. The summed E-state index contributed by atoms with van der Waals surface area (Å²) in [5, 5.41) is 6.08. The van der Waals surface area contributed by atoms with Crippen LogP contribution in [0.1, 0.15) is 39.7 Å². The van der Waals surface area contributed by atoms with Gasteiger partial charge >= 0.3 is 0 Å². The molecule has 1 aromatic rings. The van der Waals surface area contributed by atoms with Crippen molar-refractivity contribution in [3.63, 3.8) is 0 Å².